The van der Waals surface area contributed by atoms with Crippen molar-refractivity contribution in [1.29, 1.82) is 0 Å². The molecule has 3 aromatic rings. The maximum atomic E-state index is 5.66. The van der Waals surface area contributed by atoms with E-state index >= 15 is 0 Å². The summed E-state index contributed by atoms with van der Waals surface area (Å²) in [6, 6.07) is 13.8. The van der Waals surface area contributed by atoms with Gasteiger partial charge in [-0.2, -0.15) is 0 Å². The van der Waals surface area contributed by atoms with Crippen LogP contribution in [-0.4, -0.2) is 17.1 Å². The van der Waals surface area contributed by atoms with Crippen LogP contribution in [0.5, 0.6) is 5.75 Å². The molecule has 0 fully saturated rings. The lowest BCUT2D eigenvalue weighted by atomic mass is 10.0. The third-order valence-electron chi connectivity index (χ3n) is 3.58. The fourth-order valence-corrected chi connectivity index (χ4v) is 2.34. The van der Waals surface area contributed by atoms with Gasteiger partial charge in [0.2, 0.25) is 0 Å². The van der Waals surface area contributed by atoms with Gasteiger partial charge >= 0.3 is 0 Å². The first kappa shape index (κ1) is 17.5. The molecule has 0 bridgehead atoms. The maximum Gasteiger partial charge on any atom is 0.197 e. The normalized spacial score (nSPS) is 9.58. The van der Waals surface area contributed by atoms with Crippen molar-refractivity contribution in [2.45, 2.75) is 6.92 Å². The quantitative estimate of drug-likeness (QED) is 0.698. The highest BCUT2D eigenvalue weighted by Gasteiger charge is 2.05. The standard InChI is InChI=1S/C19H17N3O.ClH/c1-13-11-16(23-2)10-9-14(13)7-8-15-5-3-4-6-17(15)18-12-21-19(20)22-18;/h3-6,9-12H,1-2H3,(H3,20,21,22);1H. The van der Waals surface area contributed by atoms with Gasteiger partial charge in [0.05, 0.1) is 19.0 Å². The lowest BCUT2D eigenvalue weighted by Crippen LogP contribution is -1.88. The van der Waals surface area contributed by atoms with E-state index in [2.05, 4.69) is 21.8 Å². The lowest BCUT2D eigenvalue weighted by molar-refractivity contribution is 0.414. The van der Waals surface area contributed by atoms with E-state index in [0.29, 0.717) is 5.95 Å². The molecule has 122 valence electrons. The average Bonchev–Trinajstić information content (AvgIpc) is 3.00. The number of hydrogen-bond acceptors (Lipinski definition) is 3. The predicted octanol–water partition coefficient (Wildman–Crippen LogP) is 3.80. The highest BCUT2D eigenvalue weighted by atomic mass is 35.5. The molecule has 4 nitrogen and oxygen atoms in total. The molecule has 0 spiro atoms. The average molecular weight is 340 g/mol. The van der Waals surface area contributed by atoms with Crippen LogP contribution in [0.4, 0.5) is 5.95 Å². The number of aromatic nitrogens is 2. The van der Waals surface area contributed by atoms with E-state index in [-0.39, 0.29) is 12.4 Å². The zero-order valence-corrected chi connectivity index (χ0v) is 14.3. The van der Waals surface area contributed by atoms with Crippen molar-refractivity contribution in [3.63, 3.8) is 0 Å². The van der Waals surface area contributed by atoms with Crippen LogP contribution in [0.25, 0.3) is 11.3 Å². The highest BCUT2D eigenvalue weighted by Crippen LogP contribution is 2.22. The van der Waals surface area contributed by atoms with Gasteiger partial charge in [-0.15, -0.1) is 12.4 Å². The van der Waals surface area contributed by atoms with Gasteiger partial charge in [0.1, 0.15) is 5.75 Å². The van der Waals surface area contributed by atoms with Crippen molar-refractivity contribution in [3.05, 3.63) is 65.4 Å². The second-order valence-corrected chi connectivity index (χ2v) is 5.16. The Hall–Kier alpha value is -2.90. The maximum absolute atomic E-state index is 5.66. The van der Waals surface area contributed by atoms with Crippen molar-refractivity contribution in [1.82, 2.24) is 9.97 Å². The number of nitrogens with one attached hydrogen (secondary N) is 1. The van der Waals surface area contributed by atoms with E-state index in [1.54, 1.807) is 13.3 Å². The first-order valence-electron chi connectivity index (χ1n) is 7.24. The molecule has 0 unspecified atom stereocenters. The van der Waals surface area contributed by atoms with E-state index in [1.165, 1.54) is 0 Å². The largest absolute Gasteiger partial charge is 0.497 e. The van der Waals surface area contributed by atoms with E-state index in [1.807, 2.05) is 49.4 Å². The van der Waals surface area contributed by atoms with Gasteiger partial charge in [0.15, 0.2) is 5.95 Å². The van der Waals surface area contributed by atoms with Gasteiger partial charge in [-0.1, -0.05) is 30.0 Å². The van der Waals surface area contributed by atoms with Crippen LogP contribution < -0.4 is 10.5 Å². The van der Waals surface area contributed by atoms with Crippen LogP contribution >= 0.6 is 12.4 Å². The molecule has 0 saturated carbocycles. The Labute approximate surface area is 147 Å². The Balaban J connectivity index is 0.00000208. The lowest BCUT2D eigenvalue weighted by Gasteiger charge is -2.03. The van der Waals surface area contributed by atoms with E-state index in [0.717, 1.165) is 33.7 Å². The van der Waals surface area contributed by atoms with Gasteiger partial charge in [0, 0.05) is 16.7 Å². The Morgan fingerprint density at radius 2 is 1.83 bits per heavy atom. The molecule has 0 amide bonds. The number of halogens is 1. The van der Waals surface area contributed by atoms with Crippen LogP contribution in [0, 0.1) is 18.8 Å². The van der Waals surface area contributed by atoms with Gasteiger partial charge in [-0.3, -0.25) is 0 Å². The minimum absolute atomic E-state index is 0. The summed E-state index contributed by atoms with van der Waals surface area (Å²) in [6.45, 7) is 2.02. The summed E-state index contributed by atoms with van der Waals surface area (Å²) in [5.41, 5.74) is 10.5. The molecule has 0 radical (unpaired) electrons. The minimum atomic E-state index is 0. The fraction of sp³-hybridized carbons (Fsp3) is 0.105. The summed E-state index contributed by atoms with van der Waals surface area (Å²) in [6.07, 6.45) is 1.72. The van der Waals surface area contributed by atoms with Crippen molar-refractivity contribution in [3.8, 4) is 28.8 Å². The van der Waals surface area contributed by atoms with Gasteiger partial charge in [0.25, 0.3) is 0 Å². The molecule has 3 N–H and O–H groups in total. The molecule has 0 aliphatic carbocycles. The number of benzene rings is 2. The Bertz CT molecular complexity index is 906. The number of aryl methyl sites for hydroxylation is 1. The third-order valence-corrected chi connectivity index (χ3v) is 3.58. The summed E-state index contributed by atoms with van der Waals surface area (Å²) in [5.74, 6) is 7.69. The second-order valence-electron chi connectivity index (χ2n) is 5.16. The van der Waals surface area contributed by atoms with Crippen molar-refractivity contribution in [2.75, 3.05) is 12.8 Å². The Kier molecular flexibility index (Phi) is 5.51. The molecule has 0 aliphatic rings. The number of aromatic amines is 1. The first-order chi connectivity index (χ1) is 11.2. The number of imidazole rings is 1. The number of rotatable bonds is 2. The molecule has 3 rings (SSSR count). The molecule has 24 heavy (non-hydrogen) atoms. The first-order valence-corrected chi connectivity index (χ1v) is 7.24. The zero-order chi connectivity index (χ0) is 16.2. The number of nitrogens with zero attached hydrogens (tertiary/aromatic N) is 1. The minimum Gasteiger partial charge on any atom is -0.497 e. The molecule has 0 saturated heterocycles. The number of H-pyrrole nitrogens is 1. The molecule has 2 aromatic carbocycles. The topological polar surface area (TPSA) is 63.9 Å². The number of methoxy groups -OCH3 is 1. The molecule has 1 aromatic heterocycles. The van der Waals surface area contributed by atoms with E-state index in [4.69, 9.17) is 10.5 Å². The monoisotopic (exact) mass is 339 g/mol. The van der Waals surface area contributed by atoms with Crippen molar-refractivity contribution >= 4 is 18.4 Å². The summed E-state index contributed by atoms with van der Waals surface area (Å²) >= 11 is 0. The Morgan fingerprint density at radius 1 is 1.08 bits per heavy atom. The van der Waals surface area contributed by atoms with E-state index in [9.17, 15) is 0 Å². The second kappa shape index (κ2) is 7.58. The summed E-state index contributed by atoms with van der Waals surface area (Å²) in [7, 11) is 1.66. The molecule has 0 aliphatic heterocycles. The summed E-state index contributed by atoms with van der Waals surface area (Å²) in [5, 5.41) is 0. The van der Waals surface area contributed by atoms with Crippen LogP contribution in [0.1, 0.15) is 16.7 Å². The SMILES string of the molecule is COc1ccc(C#Cc2ccccc2-c2cnc(N)[nH]2)c(C)c1.Cl. The van der Waals surface area contributed by atoms with Gasteiger partial charge in [-0.05, 0) is 36.8 Å². The van der Waals surface area contributed by atoms with Gasteiger partial charge < -0.3 is 15.5 Å². The number of nitrogens with two attached hydrogens (primary N) is 1. The van der Waals surface area contributed by atoms with Crippen LogP contribution in [0.3, 0.4) is 0 Å². The third kappa shape index (κ3) is 3.70. The number of anilines is 1. The van der Waals surface area contributed by atoms with Gasteiger partial charge in [-0.25, -0.2) is 4.98 Å². The van der Waals surface area contributed by atoms with Crippen LogP contribution in [-0.2, 0) is 0 Å². The molecule has 5 heteroatoms. The highest BCUT2D eigenvalue weighted by molar-refractivity contribution is 5.85. The van der Waals surface area contributed by atoms with Crippen molar-refractivity contribution < 1.29 is 4.74 Å². The van der Waals surface area contributed by atoms with E-state index < -0.39 is 0 Å². The Morgan fingerprint density at radius 3 is 2.50 bits per heavy atom. The van der Waals surface area contributed by atoms with Crippen LogP contribution in [0.15, 0.2) is 48.7 Å². The molecule has 0 atom stereocenters. The number of ether oxygens (including phenoxy) is 1. The molecular weight excluding hydrogens is 322 g/mol. The smallest absolute Gasteiger partial charge is 0.197 e. The number of hydrogen-bond donors (Lipinski definition) is 2. The number of nitrogen functional groups attached to an aromatic ring is 1. The van der Waals surface area contributed by atoms with Crippen molar-refractivity contribution in [2.24, 2.45) is 0 Å². The zero-order valence-electron chi connectivity index (χ0n) is 13.5. The predicted molar refractivity (Wildman–Crippen MR) is 99.4 cm³/mol. The fourth-order valence-electron chi connectivity index (χ4n) is 2.34. The van der Waals surface area contributed by atoms with Crippen LogP contribution in [0.2, 0.25) is 0 Å². The summed E-state index contributed by atoms with van der Waals surface area (Å²) in [4.78, 5) is 7.09. The summed E-state index contributed by atoms with van der Waals surface area (Å²) < 4.78 is 5.22. The molecule has 1 heterocycles. The molecular formula is C19H18ClN3O.